The Balaban J connectivity index is 0.00000220. The van der Waals surface area contributed by atoms with Crippen LogP contribution in [0, 0.1) is 17.6 Å². The van der Waals surface area contributed by atoms with Gasteiger partial charge in [-0.15, -0.1) is 12.4 Å². The van der Waals surface area contributed by atoms with Crippen molar-refractivity contribution in [2.45, 2.75) is 32.2 Å². The summed E-state index contributed by atoms with van der Waals surface area (Å²) in [5.74, 6) is -1.50. The number of carbonyl (C=O) groups excluding carboxylic acids is 1. The summed E-state index contributed by atoms with van der Waals surface area (Å²) < 4.78 is 26.7. The van der Waals surface area contributed by atoms with Crippen LogP contribution in [0.25, 0.3) is 0 Å². The van der Waals surface area contributed by atoms with Crippen molar-refractivity contribution in [1.82, 2.24) is 4.90 Å². The lowest BCUT2D eigenvalue weighted by Gasteiger charge is -2.38. The second kappa shape index (κ2) is 7.71. The maximum absolute atomic E-state index is 13.6. The van der Waals surface area contributed by atoms with Crippen molar-refractivity contribution in [2.75, 3.05) is 13.1 Å². The fourth-order valence-electron chi connectivity index (χ4n) is 2.75. The standard InChI is InChI=1S/C15H20F2N2O.ClH/c1-10-5-6-19(12(7-10)9-18)14(20)8-11-3-2-4-13(16)15(11)17;/h2-4,10,12H,5-9,18H2,1H3;1H. The molecular weight excluding hydrogens is 298 g/mol. The molecule has 1 fully saturated rings. The van der Waals surface area contributed by atoms with E-state index in [-0.39, 0.29) is 36.3 Å². The SMILES string of the molecule is CC1CCN(C(=O)Cc2cccc(F)c2F)C(CN)C1.Cl. The van der Waals surface area contributed by atoms with Crippen molar-refractivity contribution < 1.29 is 13.6 Å². The number of carbonyl (C=O) groups is 1. The maximum atomic E-state index is 13.6. The Hall–Kier alpha value is -1.20. The highest BCUT2D eigenvalue weighted by atomic mass is 35.5. The van der Waals surface area contributed by atoms with Gasteiger partial charge in [0.1, 0.15) is 0 Å². The third kappa shape index (κ3) is 4.14. The average molecular weight is 319 g/mol. The highest BCUT2D eigenvalue weighted by molar-refractivity contribution is 5.85. The summed E-state index contributed by atoms with van der Waals surface area (Å²) in [6.45, 7) is 3.18. The van der Waals surface area contributed by atoms with Crippen molar-refractivity contribution >= 4 is 18.3 Å². The van der Waals surface area contributed by atoms with Gasteiger partial charge in [-0.2, -0.15) is 0 Å². The van der Waals surface area contributed by atoms with Crippen LogP contribution < -0.4 is 5.73 Å². The molecule has 1 saturated heterocycles. The first-order valence-electron chi connectivity index (χ1n) is 6.95. The summed E-state index contributed by atoms with van der Waals surface area (Å²) in [5.41, 5.74) is 5.81. The van der Waals surface area contributed by atoms with Gasteiger partial charge < -0.3 is 10.6 Å². The Bertz CT molecular complexity index is 499. The molecule has 0 radical (unpaired) electrons. The van der Waals surface area contributed by atoms with E-state index in [1.54, 1.807) is 4.90 Å². The number of amides is 1. The van der Waals surface area contributed by atoms with Gasteiger partial charge in [-0.1, -0.05) is 19.1 Å². The van der Waals surface area contributed by atoms with Gasteiger partial charge in [0.25, 0.3) is 0 Å². The van der Waals surface area contributed by atoms with Gasteiger partial charge in [-0.25, -0.2) is 8.78 Å². The maximum Gasteiger partial charge on any atom is 0.227 e. The van der Waals surface area contributed by atoms with Gasteiger partial charge in [-0.05, 0) is 24.8 Å². The highest BCUT2D eigenvalue weighted by Gasteiger charge is 2.29. The number of hydrogen-bond donors (Lipinski definition) is 1. The van der Waals surface area contributed by atoms with E-state index in [2.05, 4.69) is 6.92 Å². The van der Waals surface area contributed by atoms with E-state index in [1.165, 1.54) is 12.1 Å². The first kappa shape index (κ1) is 17.9. The van der Waals surface area contributed by atoms with Gasteiger partial charge >= 0.3 is 0 Å². The van der Waals surface area contributed by atoms with E-state index in [1.807, 2.05) is 0 Å². The largest absolute Gasteiger partial charge is 0.338 e. The average Bonchev–Trinajstić information content (AvgIpc) is 2.43. The number of rotatable bonds is 3. The first-order valence-corrected chi connectivity index (χ1v) is 6.95. The Morgan fingerprint density at radius 3 is 2.81 bits per heavy atom. The molecule has 1 aromatic carbocycles. The third-order valence-electron chi connectivity index (χ3n) is 3.94. The molecule has 1 heterocycles. The Morgan fingerprint density at radius 1 is 1.43 bits per heavy atom. The molecule has 1 aromatic rings. The molecule has 6 heteroatoms. The molecule has 2 rings (SSSR count). The van der Waals surface area contributed by atoms with E-state index in [4.69, 9.17) is 5.73 Å². The second-order valence-corrected chi connectivity index (χ2v) is 5.50. The van der Waals surface area contributed by atoms with Crippen LogP contribution in [0.2, 0.25) is 0 Å². The zero-order valence-corrected chi connectivity index (χ0v) is 12.8. The molecule has 0 aromatic heterocycles. The van der Waals surface area contributed by atoms with Crippen LogP contribution in [0.15, 0.2) is 18.2 Å². The highest BCUT2D eigenvalue weighted by Crippen LogP contribution is 2.23. The van der Waals surface area contributed by atoms with E-state index in [0.717, 1.165) is 18.9 Å². The Labute approximate surface area is 129 Å². The molecule has 1 aliphatic rings. The lowest BCUT2D eigenvalue weighted by molar-refractivity contribution is -0.134. The van der Waals surface area contributed by atoms with Crippen molar-refractivity contribution in [2.24, 2.45) is 11.7 Å². The molecule has 2 atom stereocenters. The van der Waals surface area contributed by atoms with Crippen LogP contribution >= 0.6 is 12.4 Å². The minimum absolute atomic E-state index is 0. The topological polar surface area (TPSA) is 46.3 Å². The molecular formula is C15H21ClF2N2O. The summed E-state index contributed by atoms with van der Waals surface area (Å²) in [6.07, 6.45) is 1.68. The lowest BCUT2D eigenvalue weighted by atomic mass is 9.92. The minimum atomic E-state index is -0.935. The van der Waals surface area contributed by atoms with Crippen molar-refractivity contribution in [3.63, 3.8) is 0 Å². The van der Waals surface area contributed by atoms with E-state index < -0.39 is 11.6 Å². The second-order valence-electron chi connectivity index (χ2n) is 5.50. The molecule has 0 spiro atoms. The number of nitrogens with two attached hydrogens (primary N) is 1. The quantitative estimate of drug-likeness (QED) is 0.931. The Morgan fingerprint density at radius 2 is 2.14 bits per heavy atom. The predicted molar refractivity (Wildman–Crippen MR) is 80.3 cm³/mol. The minimum Gasteiger partial charge on any atom is -0.338 e. The zero-order valence-electron chi connectivity index (χ0n) is 12.0. The fraction of sp³-hybridized carbons (Fsp3) is 0.533. The Kier molecular flexibility index (Phi) is 6.55. The van der Waals surface area contributed by atoms with Crippen LogP contribution in [-0.2, 0) is 11.2 Å². The molecule has 118 valence electrons. The number of likely N-dealkylation sites (tertiary alicyclic amines) is 1. The molecule has 0 bridgehead atoms. The summed E-state index contributed by atoms with van der Waals surface area (Å²) in [7, 11) is 0. The van der Waals surface area contributed by atoms with Crippen molar-refractivity contribution in [3.05, 3.63) is 35.4 Å². The van der Waals surface area contributed by atoms with Crippen LogP contribution in [-0.4, -0.2) is 29.9 Å². The first-order chi connectivity index (χ1) is 9.52. The predicted octanol–water partition coefficient (Wildman–Crippen LogP) is 2.51. The zero-order chi connectivity index (χ0) is 14.7. The summed E-state index contributed by atoms with van der Waals surface area (Å²) >= 11 is 0. The smallest absolute Gasteiger partial charge is 0.227 e. The number of nitrogens with zero attached hydrogens (tertiary/aromatic N) is 1. The molecule has 3 nitrogen and oxygen atoms in total. The summed E-state index contributed by atoms with van der Waals surface area (Å²) in [4.78, 5) is 14.0. The molecule has 0 saturated carbocycles. The van der Waals surface area contributed by atoms with Gasteiger partial charge in [-0.3, -0.25) is 4.79 Å². The van der Waals surface area contributed by atoms with Gasteiger partial charge in [0.15, 0.2) is 11.6 Å². The van der Waals surface area contributed by atoms with Gasteiger partial charge in [0.05, 0.1) is 6.42 Å². The normalized spacial score (nSPS) is 21.8. The van der Waals surface area contributed by atoms with Crippen LogP contribution in [0.3, 0.4) is 0 Å². The number of piperidine rings is 1. The molecule has 0 aliphatic carbocycles. The van der Waals surface area contributed by atoms with E-state index >= 15 is 0 Å². The molecule has 2 N–H and O–H groups in total. The van der Waals surface area contributed by atoms with Crippen LogP contribution in [0.1, 0.15) is 25.3 Å². The third-order valence-corrected chi connectivity index (χ3v) is 3.94. The molecule has 1 aliphatic heterocycles. The number of hydrogen-bond acceptors (Lipinski definition) is 2. The van der Waals surface area contributed by atoms with E-state index in [9.17, 15) is 13.6 Å². The number of halogens is 3. The molecule has 1 amide bonds. The lowest BCUT2D eigenvalue weighted by Crippen LogP contribution is -2.49. The van der Waals surface area contributed by atoms with Crippen molar-refractivity contribution in [3.8, 4) is 0 Å². The van der Waals surface area contributed by atoms with Crippen LogP contribution in [0.5, 0.6) is 0 Å². The summed E-state index contributed by atoms with van der Waals surface area (Å²) in [6, 6.07) is 3.91. The van der Waals surface area contributed by atoms with E-state index in [0.29, 0.717) is 19.0 Å². The fourth-order valence-corrected chi connectivity index (χ4v) is 2.75. The molecule has 2 unspecified atom stereocenters. The summed E-state index contributed by atoms with van der Waals surface area (Å²) in [5, 5.41) is 0. The van der Waals surface area contributed by atoms with Crippen molar-refractivity contribution in [1.29, 1.82) is 0 Å². The van der Waals surface area contributed by atoms with Crippen LogP contribution in [0.4, 0.5) is 8.78 Å². The number of benzene rings is 1. The van der Waals surface area contributed by atoms with Gasteiger partial charge in [0, 0.05) is 24.7 Å². The monoisotopic (exact) mass is 318 g/mol. The molecule has 21 heavy (non-hydrogen) atoms. The van der Waals surface area contributed by atoms with Gasteiger partial charge in [0.2, 0.25) is 5.91 Å².